The minimum Gasteiger partial charge on any atom is -0.469 e. The van der Waals surface area contributed by atoms with Crippen molar-refractivity contribution in [1.82, 2.24) is 4.57 Å². The van der Waals surface area contributed by atoms with Crippen LogP contribution in [0.1, 0.15) is 19.4 Å². The topological polar surface area (TPSA) is 31.2 Å². The van der Waals surface area contributed by atoms with E-state index in [1.807, 2.05) is 30.5 Å². The summed E-state index contributed by atoms with van der Waals surface area (Å²) in [7, 11) is 1.41. The molecule has 0 N–H and O–H groups in total. The van der Waals surface area contributed by atoms with E-state index < -0.39 is 0 Å². The molecule has 0 atom stereocenters. The van der Waals surface area contributed by atoms with Gasteiger partial charge in [-0.05, 0) is 25.5 Å². The lowest BCUT2D eigenvalue weighted by Crippen LogP contribution is -2.22. The largest absolute Gasteiger partial charge is 0.469 e. The molecular weight excluding hydrogens is 238 g/mol. The van der Waals surface area contributed by atoms with Crippen LogP contribution in [0.25, 0.3) is 10.9 Å². The van der Waals surface area contributed by atoms with Gasteiger partial charge in [-0.3, -0.25) is 4.79 Å². The Morgan fingerprint density at radius 3 is 2.74 bits per heavy atom. The Hall–Kier alpha value is -2.03. The second-order valence-corrected chi connectivity index (χ2v) is 5.15. The molecule has 100 valence electrons. The third-order valence-electron chi connectivity index (χ3n) is 3.48. The van der Waals surface area contributed by atoms with E-state index in [1.54, 1.807) is 0 Å². The van der Waals surface area contributed by atoms with Crippen molar-refractivity contribution in [2.45, 2.75) is 25.8 Å². The van der Waals surface area contributed by atoms with Crippen LogP contribution in [0.2, 0.25) is 0 Å². The van der Waals surface area contributed by atoms with Gasteiger partial charge in [0.25, 0.3) is 0 Å². The number of rotatable bonds is 4. The third-order valence-corrected chi connectivity index (χ3v) is 3.48. The summed E-state index contributed by atoms with van der Waals surface area (Å²) in [6.07, 6.45) is 4.21. The number of allylic oxidation sites excluding steroid dienone is 1. The molecule has 0 aliphatic carbocycles. The molecule has 0 amide bonds. The van der Waals surface area contributed by atoms with Gasteiger partial charge in [-0.1, -0.05) is 24.3 Å². The van der Waals surface area contributed by atoms with Gasteiger partial charge in [0.15, 0.2) is 0 Å². The van der Waals surface area contributed by atoms with Gasteiger partial charge in [-0.2, -0.15) is 0 Å². The molecule has 3 heteroatoms. The number of hydrogen-bond acceptors (Lipinski definition) is 2. The summed E-state index contributed by atoms with van der Waals surface area (Å²) in [6.45, 7) is 8.07. The van der Waals surface area contributed by atoms with Crippen LogP contribution in [0.5, 0.6) is 0 Å². The number of benzene rings is 1. The Morgan fingerprint density at radius 1 is 1.42 bits per heavy atom. The summed E-state index contributed by atoms with van der Waals surface area (Å²) in [6, 6.07) is 8.07. The molecule has 1 aromatic carbocycles. The van der Waals surface area contributed by atoms with E-state index in [2.05, 4.69) is 31.1 Å². The monoisotopic (exact) mass is 257 g/mol. The molecule has 0 unspecified atom stereocenters. The molecule has 0 saturated carbocycles. The van der Waals surface area contributed by atoms with Crippen LogP contribution in [-0.2, 0) is 21.5 Å². The van der Waals surface area contributed by atoms with E-state index in [9.17, 15) is 4.79 Å². The Kier molecular flexibility index (Phi) is 3.47. The molecule has 0 fully saturated rings. The summed E-state index contributed by atoms with van der Waals surface area (Å²) < 4.78 is 6.90. The third kappa shape index (κ3) is 2.41. The van der Waals surface area contributed by atoms with Gasteiger partial charge in [-0.25, -0.2) is 0 Å². The van der Waals surface area contributed by atoms with Crippen LogP contribution in [0.4, 0.5) is 0 Å². The number of esters is 1. The molecule has 0 bridgehead atoms. The lowest BCUT2D eigenvalue weighted by molar-refractivity contribution is -0.139. The van der Waals surface area contributed by atoms with E-state index in [0.717, 1.165) is 16.5 Å². The zero-order valence-electron chi connectivity index (χ0n) is 11.6. The Balaban J connectivity index is 2.61. The summed E-state index contributed by atoms with van der Waals surface area (Å²) in [4.78, 5) is 11.5. The van der Waals surface area contributed by atoms with Crippen molar-refractivity contribution in [3.8, 4) is 0 Å². The van der Waals surface area contributed by atoms with Crippen LogP contribution < -0.4 is 0 Å². The van der Waals surface area contributed by atoms with Crippen molar-refractivity contribution >= 4 is 16.9 Å². The number of ether oxygens (including phenoxy) is 1. The molecule has 0 aliphatic heterocycles. The Labute approximate surface area is 113 Å². The summed E-state index contributed by atoms with van der Waals surface area (Å²) >= 11 is 0. The minimum absolute atomic E-state index is 0.200. The number of para-hydroxylation sites is 1. The van der Waals surface area contributed by atoms with Gasteiger partial charge in [0.05, 0.1) is 19.1 Å². The van der Waals surface area contributed by atoms with E-state index in [0.29, 0.717) is 0 Å². The van der Waals surface area contributed by atoms with Gasteiger partial charge in [0.1, 0.15) is 0 Å². The van der Waals surface area contributed by atoms with Crippen molar-refractivity contribution in [2.24, 2.45) is 0 Å². The van der Waals surface area contributed by atoms with E-state index in [1.165, 1.54) is 7.11 Å². The van der Waals surface area contributed by atoms with E-state index in [4.69, 9.17) is 4.74 Å². The molecule has 1 aromatic heterocycles. The number of carbonyl (C=O) groups excluding carboxylic acids is 1. The maximum absolute atomic E-state index is 11.5. The fourth-order valence-electron chi connectivity index (χ4n) is 2.19. The first kappa shape index (κ1) is 13.4. The second-order valence-electron chi connectivity index (χ2n) is 5.15. The molecule has 19 heavy (non-hydrogen) atoms. The van der Waals surface area contributed by atoms with Crippen molar-refractivity contribution in [3.05, 3.63) is 48.7 Å². The SMILES string of the molecule is C=CC(C)(C)n1cc(CC(=O)OC)c2ccccc21. The maximum Gasteiger partial charge on any atom is 0.310 e. The predicted molar refractivity (Wildman–Crippen MR) is 77.2 cm³/mol. The summed E-state index contributed by atoms with van der Waals surface area (Å²) in [5, 5.41) is 1.09. The van der Waals surface area contributed by atoms with Crippen LogP contribution in [0.15, 0.2) is 43.1 Å². The average molecular weight is 257 g/mol. The van der Waals surface area contributed by atoms with Crippen molar-refractivity contribution < 1.29 is 9.53 Å². The first-order valence-electron chi connectivity index (χ1n) is 6.29. The fourth-order valence-corrected chi connectivity index (χ4v) is 2.19. The van der Waals surface area contributed by atoms with Crippen LogP contribution >= 0.6 is 0 Å². The minimum atomic E-state index is -0.223. The van der Waals surface area contributed by atoms with Gasteiger partial charge in [0, 0.05) is 17.1 Å². The highest BCUT2D eigenvalue weighted by atomic mass is 16.5. The first-order valence-corrected chi connectivity index (χ1v) is 6.29. The molecule has 2 rings (SSSR count). The summed E-state index contributed by atoms with van der Waals surface area (Å²) in [5.74, 6) is -0.223. The number of hydrogen-bond donors (Lipinski definition) is 0. The number of aromatic nitrogens is 1. The molecule has 0 aliphatic rings. The zero-order valence-corrected chi connectivity index (χ0v) is 11.6. The van der Waals surface area contributed by atoms with Crippen LogP contribution in [0.3, 0.4) is 0 Å². The van der Waals surface area contributed by atoms with Crippen LogP contribution in [0, 0.1) is 0 Å². The highest BCUT2D eigenvalue weighted by Crippen LogP contribution is 2.28. The second kappa shape index (κ2) is 4.92. The average Bonchev–Trinajstić information content (AvgIpc) is 2.78. The fraction of sp³-hybridized carbons (Fsp3) is 0.312. The molecule has 1 heterocycles. The van der Waals surface area contributed by atoms with Gasteiger partial charge < -0.3 is 9.30 Å². The first-order chi connectivity index (χ1) is 8.99. The van der Waals surface area contributed by atoms with Crippen molar-refractivity contribution in [1.29, 1.82) is 0 Å². The number of methoxy groups -OCH3 is 1. The molecule has 0 saturated heterocycles. The van der Waals surface area contributed by atoms with E-state index in [-0.39, 0.29) is 17.9 Å². The number of carbonyl (C=O) groups is 1. The van der Waals surface area contributed by atoms with Gasteiger partial charge >= 0.3 is 5.97 Å². The Bertz CT molecular complexity index is 623. The highest BCUT2D eigenvalue weighted by molar-refractivity contribution is 5.88. The van der Waals surface area contributed by atoms with Gasteiger partial charge in [0.2, 0.25) is 0 Å². The number of nitrogens with zero attached hydrogens (tertiary/aromatic N) is 1. The smallest absolute Gasteiger partial charge is 0.310 e. The van der Waals surface area contributed by atoms with E-state index >= 15 is 0 Å². The van der Waals surface area contributed by atoms with Crippen molar-refractivity contribution in [2.75, 3.05) is 7.11 Å². The Morgan fingerprint density at radius 2 is 2.11 bits per heavy atom. The highest BCUT2D eigenvalue weighted by Gasteiger charge is 2.20. The molecule has 2 aromatic rings. The standard InChI is InChI=1S/C16H19NO2/c1-5-16(2,3)17-11-12(10-15(18)19-4)13-8-6-7-9-14(13)17/h5-9,11H,1,10H2,2-4H3. The predicted octanol–water partition coefficient (Wildman–Crippen LogP) is 3.28. The molecule has 0 spiro atoms. The normalized spacial score (nSPS) is 11.5. The van der Waals surface area contributed by atoms with Crippen LogP contribution in [-0.4, -0.2) is 17.6 Å². The van der Waals surface area contributed by atoms with Gasteiger partial charge in [-0.15, -0.1) is 6.58 Å². The van der Waals surface area contributed by atoms with Crippen molar-refractivity contribution in [3.63, 3.8) is 0 Å². The lowest BCUT2D eigenvalue weighted by Gasteiger charge is -2.23. The maximum atomic E-state index is 11.5. The molecule has 0 radical (unpaired) electrons. The quantitative estimate of drug-likeness (QED) is 0.621. The number of fused-ring (bicyclic) bond motifs is 1. The molecular formula is C16H19NO2. The summed E-state index contributed by atoms with van der Waals surface area (Å²) in [5.41, 5.74) is 1.89. The molecule has 3 nitrogen and oxygen atoms in total. The lowest BCUT2D eigenvalue weighted by atomic mass is 10.1. The zero-order chi connectivity index (χ0) is 14.0.